The van der Waals surface area contributed by atoms with Crippen LogP contribution in [0.3, 0.4) is 0 Å². The molecule has 2 heteroatoms. The molecule has 0 unspecified atom stereocenters. The highest BCUT2D eigenvalue weighted by Gasteiger charge is 2.03. The zero-order valence-corrected chi connectivity index (χ0v) is 9.14. The van der Waals surface area contributed by atoms with Crippen molar-refractivity contribution in [2.75, 3.05) is 0 Å². The summed E-state index contributed by atoms with van der Waals surface area (Å²) in [6, 6.07) is 7.82. The number of hydrogen-bond acceptors (Lipinski definition) is 1. The lowest BCUT2D eigenvalue weighted by Gasteiger charge is -2.03. The number of carbonyl (C=O) groups is 1. The van der Waals surface area contributed by atoms with Crippen molar-refractivity contribution in [2.24, 2.45) is 0 Å². The van der Waals surface area contributed by atoms with Crippen LogP contribution in [0.5, 0.6) is 0 Å². The van der Waals surface area contributed by atoms with Gasteiger partial charge in [0.2, 0.25) is 0 Å². The Morgan fingerprint density at radius 2 is 1.93 bits per heavy atom. The minimum atomic E-state index is 0.558. The van der Waals surface area contributed by atoms with E-state index in [9.17, 15) is 4.79 Å². The fourth-order valence-electron chi connectivity index (χ4n) is 1.18. The fraction of sp³-hybridized carbons (Fsp3) is 0.250. The van der Waals surface area contributed by atoms with Gasteiger partial charge in [0, 0.05) is 5.57 Å². The maximum absolute atomic E-state index is 10.7. The van der Waals surface area contributed by atoms with Crippen LogP contribution in [0.25, 0.3) is 5.03 Å². The number of benzene rings is 1. The highest BCUT2D eigenvalue weighted by molar-refractivity contribution is 6.50. The molecular formula is C12H13ClO. The monoisotopic (exact) mass is 208 g/mol. The molecule has 0 atom stereocenters. The van der Waals surface area contributed by atoms with Crippen LogP contribution < -0.4 is 0 Å². The third kappa shape index (κ3) is 2.46. The molecule has 0 heterocycles. The van der Waals surface area contributed by atoms with E-state index < -0.39 is 0 Å². The van der Waals surface area contributed by atoms with E-state index in [4.69, 9.17) is 11.6 Å². The molecule has 0 spiro atoms. The molecule has 0 aromatic heterocycles. The molecule has 0 aliphatic carbocycles. The average molecular weight is 209 g/mol. The van der Waals surface area contributed by atoms with Crippen LogP contribution >= 0.6 is 11.6 Å². The lowest BCUT2D eigenvalue weighted by molar-refractivity contribution is -0.104. The van der Waals surface area contributed by atoms with E-state index in [2.05, 4.69) is 0 Å². The molecule has 0 N–H and O–H groups in total. The minimum absolute atomic E-state index is 0.558. The van der Waals surface area contributed by atoms with E-state index in [0.717, 1.165) is 11.8 Å². The molecule has 0 saturated heterocycles. The van der Waals surface area contributed by atoms with Crippen molar-refractivity contribution in [2.45, 2.75) is 20.3 Å². The first kappa shape index (κ1) is 11.0. The van der Waals surface area contributed by atoms with Gasteiger partial charge in [0.05, 0.1) is 5.03 Å². The van der Waals surface area contributed by atoms with Crippen LogP contribution in [0.1, 0.15) is 24.5 Å². The minimum Gasteiger partial charge on any atom is -0.298 e. The Morgan fingerprint density at radius 3 is 2.36 bits per heavy atom. The van der Waals surface area contributed by atoms with E-state index in [0.29, 0.717) is 17.0 Å². The molecule has 0 aliphatic heterocycles. The molecular weight excluding hydrogens is 196 g/mol. The number of carbonyl (C=O) groups excluding carboxylic acids is 1. The second-order valence-electron chi connectivity index (χ2n) is 3.18. The number of aryl methyl sites for hydroxylation is 1. The van der Waals surface area contributed by atoms with Crippen molar-refractivity contribution in [3.05, 3.63) is 41.0 Å². The average Bonchev–Trinajstić information content (AvgIpc) is 2.20. The Balaban J connectivity index is 3.10. The van der Waals surface area contributed by atoms with Gasteiger partial charge in [-0.15, -0.1) is 0 Å². The first-order valence-electron chi connectivity index (χ1n) is 4.60. The van der Waals surface area contributed by atoms with Gasteiger partial charge in [-0.1, -0.05) is 48.4 Å². The van der Waals surface area contributed by atoms with Crippen LogP contribution in [0, 0.1) is 6.92 Å². The number of rotatable bonds is 3. The SMILES string of the molecule is CC/C(C=O)=C(/Cl)c1ccc(C)cc1. The smallest absolute Gasteiger partial charge is 0.147 e. The summed E-state index contributed by atoms with van der Waals surface area (Å²) in [5.74, 6) is 0. The maximum atomic E-state index is 10.7. The maximum Gasteiger partial charge on any atom is 0.147 e. The molecule has 1 rings (SSSR count). The summed E-state index contributed by atoms with van der Waals surface area (Å²) >= 11 is 6.07. The Kier molecular flexibility index (Phi) is 3.90. The highest BCUT2D eigenvalue weighted by atomic mass is 35.5. The Hall–Kier alpha value is -1.08. The molecule has 0 amide bonds. The van der Waals surface area contributed by atoms with Gasteiger partial charge in [0.15, 0.2) is 0 Å². The first-order chi connectivity index (χ1) is 6.69. The second-order valence-corrected chi connectivity index (χ2v) is 3.55. The van der Waals surface area contributed by atoms with E-state index >= 15 is 0 Å². The van der Waals surface area contributed by atoms with Gasteiger partial charge in [-0.05, 0) is 18.9 Å². The van der Waals surface area contributed by atoms with E-state index in [1.807, 2.05) is 38.1 Å². The zero-order valence-electron chi connectivity index (χ0n) is 8.38. The highest BCUT2D eigenvalue weighted by Crippen LogP contribution is 2.23. The molecule has 14 heavy (non-hydrogen) atoms. The van der Waals surface area contributed by atoms with Crippen molar-refractivity contribution < 1.29 is 4.79 Å². The summed E-state index contributed by atoms with van der Waals surface area (Å²) < 4.78 is 0. The topological polar surface area (TPSA) is 17.1 Å². The lowest BCUT2D eigenvalue weighted by atomic mass is 10.1. The molecule has 1 aromatic rings. The normalized spacial score (nSPS) is 12.2. The fourth-order valence-corrected chi connectivity index (χ4v) is 1.48. The van der Waals surface area contributed by atoms with Crippen molar-refractivity contribution in [1.82, 2.24) is 0 Å². The van der Waals surface area contributed by atoms with E-state index in [1.165, 1.54) is 5.56 Å². The number of hydrogen-bond donors (Lipinski definition) is 0. The lowest BCUT2D eigenvalue weighted by Crippen LogP contribution is -1.87. The molecule has 1 aromatic carbocycles. The third-order valence-corrected chi connectivity index (χ3v) is 2.57. The largest absolute Gasteiger partial charge is 0.298 e. The molecule has 0 aliphatic rings. The van der Waals surface area contributed by atoms with Crippen LogP contribution in [0.15, 0.2) is 29.8 Å². The summed E-state index contributed by atoms with van der Waals surface area (Å²) in [6.07, 6.45) is 1.48. The first-order valence-corrected chi connectivity index (χ1v) is 4.97. The predicted molar refractivity (Wildman–Crippen MR) is 60.3 cm³/mol. The van der Waals surface area contributed by atoms with Gasteiger partial charge < -0.3 is 0 Å². The van der Waals surface area contributed by atoms with Gasteiger partial charge in [-0.25, -0.2) is 0 Å². The third-order valence-electron chi connectivity index (χ3n) is 2.11. The Labute approximate surface area is 89.4 Å². The molecule has 0 saturated carbocycles. The number of halogens is 1. The summed E-state index contributed by atoms with van der Waals surface area (Å²) in [4.78, 5) is 10.7. The zero-order chi connectivity index (χ0) is 10.6. The quantitative estimate of drug-likeness (QED) is 0.549. The van der Waals surface area contributed by atoms with E-state index in [1.54, 1.807) is 0 Å². The van der Waals surface area contributed by atoms with Gasteiger partial charge in [0.25, 0.3) is 0 Å². The van der Waals surface area contributed by atoms with Crippen molar-refractivity contribution in [3.63, 3.8) is 0 Å². The summed E-state index contributed by atoms with van der Waals surface area (Å²) in [6.45, 7) is 3.93. The summed E-state index contributed by atoms with van der Waals surface area (Å²) in [7, 11) is 0. The number of allylic oxidation sites excluding steroid dienone is 1. The van der Waals surface area contributed by atoms with Crippen LogP contribution in [0.4, 0.5) is 0 Å². The molecule has 74 valence electrons. The van der Waals surface area contributed by atoms with Gasteiger partial charge in [0.1, 0.15) is 6.29 Å². The van der Waals surface area contributed by atoms with Crippen LogP contribution in [-0.2, 0) is 4.79 Å². The van der Waals surface area contributed by atoms with E-state index in [-0.39, 0.29) is 0 Å². The van der Waals surface area contributed by atoms with Crippen molar-refractivity contribution >= 4 is 22.9 Å². The predicted octanol–water partition coefficient (Wildman–Crippen LogP) is 3.55. The Bertz CT molecular complexity index is 349. The molecule has 0 radical (unpaired) electrons. The summed E-state index contributed by atoms with van der Waals surface area (Å²) in [5.41, 5.74) is 2.74. The van der Waals surface area contributed by atoms with Crippen molar-refractivity contribution in [1.29, 1.82) is 0 Å². The van der Waals surface area contributed by atoms with Gasteiger partial charge in [-0.2, -0.15) is 0 Å². The summed E-state index contributed by atoms with van der Waals surface area (Å²) in [5, 5.41) is 0.558. The van der Waals surface area contributed by atoms with Crippen LogP contribution in [0.2, 0.25) is 0 Å². The molecule has 0 fully saturated rings. The molecule has 1 nitrogen and oxygen atoms in total. The van der Waals surface area contributed by atoms with Crippen LogP contribution in [-0.4, -0.2) is 6.29 Å². The number of aldehydes is 1. The second kappa shape index (κ2) is 4.97. The van der Waals surface area contributed by atoms with Gasteiger partial charge >= 0.3 is 0 Å². The standard InChI is InChI=1S/C12H13ClO/c1-3-10(8-14)12(13)11-6-4-9(2)5-7-11/h4-8H,3H2,1-2H3/b12-10-. The Morgan fingerprint density at radius 1 is 1.36 bits per heavy atom. The van der Waals surface area contributed by atoms with Gasteiger partial charge in [-0.3, -0.25) is 4.79 Å². The molecule has 0 bridgehead atoms. The van der Waals surface area contributed by atoms with Crippen molar-refractivity contribution in [3.8, 4) is 0 Å².